The largest absolute Gasteiger partial charge is 0.348 e. The first-order chi connectivity index (χ1) is 8.81. The van der Waals surface area contributed by atoms with Crippen molar-refractivity contribution in [2.75, 3.05) is 13.1 Å². The molecule has 96 valence electrons. The molecule has 0 bridgehead atoms. The monoisotopic (exact) mass is 262 g/mol. The SMILES string of the molecule is Cc1cnc(C2CCCN(Cc3ncc[nH]3)C2)s1. The van der Waals surface area contributed by atoms with Crippen LogP contribution in [0.3, 0.4) is 0 Å². The minimum atomic E-state index is 0.604. The minimum absolute atomic E-state index is 0.604. The van der Waals surface area contributed by atoms with Gasteiger partial charge >= 0.3 is 0 Å². The van der Waals surface area contributed by atoms with Crippen LogP contribution >= 0.6 is 11.3 Å². The zero-order chi connectivity index (χ0) is 12.4. The van der Waals surface area contributed by atoms with Gasteiger partial charge in [-0.1, -0.05) is 0 Å². The maximum Gasteiger partial charge on any atom is 0.120 e. The molecule has 18 heavy (non-hydrogen) atoms. The molecule has 0 spiro atoms. The second kappa shape index (κ2) is 5.20. The van der Waals surface area contributed by atoms with Gasteiger partial charge in [-0.05, 0) is 26.3 Å². The first-order valence-electron chi connectivity index (χ1n) is 6.44. The topological polar surface area (TPSA) is 44.8 Å². The first kappa shape index (κ1) is 11.9. The molecule has 1 fully saturated rings. The molecule has 0 amide bonds. The van der Waals surface area contributed by atoms with Gasteiger partial charge in [0.25, 0.3) is 0 Å². The smallest absolute Gasteiger partial charge is 0.120 e. The molecule has 2 aromatic rings. The lowest BCUT2D eigenvalue weighted by Gasteiger charge is -2.31. The molecule has 1 aliphatic heterocycles. The molecule has 1 aliphatic rings. The Morgan fingerprint density at radius 1 is 1.50 bits per heavy atom. The van der Waals surface area contributed by atoms with Crippen LogP contribution in [-0.2, 0) is 6.54 Å². The van der Waals surface area contributed by atoms with Gasteiger partial charge in [-0.3, -0.25) is 4.90 Å². The Morgan fingerprint density at radius 2 is 2.44 bits per heavy atom. The summed E-state index contributed by atoms with van der Waals surface area (Å²) in [6.45, 7) is 5.33. The molecular weight excluding hydrogens is 244 g/mol. The van der Waals surface area contributed by atoms with Gasteiger partial charge in [-0.2, -0.15) is 0 Å². The van der Waals surface area contributed by atoms with Crippen molar-refractivity contribution < 1.29 is 0 Å². The van der Waals surface area contributed by atoms with E-state index in [1.54, 1.807) is 0 Å². The average Bonchev–Trinajstić information content (AvgIpc) is 3.01. The number of hydrogen-bond donors (Lipinski definition) is 1. The van der Waals surface area contributed by atoms with Crippen molar-refractivity contribution in [1.82, 2.24) is 19.9 Å². The lowest BCUT2D eigenvalue weighted by molar-refractivity contribution is 0.196. The zero-order valence-electron chi connectivity index (χ0n) is 10.6. The van der Waals surface area contributed by atoms with Gasteiger partial charge in [0.2, 0.25) is 0 Å². The molecule has 0 radical (unpaired) electrons. The third-order valence-electron chi connectivity index (χ3n) is 3.42. The van der Waals surface area contributed by atoms with E-state index in [9.17, 15) is 0 Å². The van der Waals surface area contributed by atoms with Gasteiger partial charge in [-0.15, -0.1) is 11.3 Å². The maximum absolute atomic E-state index is 4.54. The van der Waals surface area contributed by atoms with Gasteiger partial charge in [0, 0.05) is 35.9 Å². The lowest BCUT2D eigenvalue weighted by Crippen LogP contribution is -2.34. The predicted octanol–water partition coefficient (Wildman–Crippen LogP) is 2.55. The zero-order valence-corrected chi connectivity index (χ0v) is 11.4. The maximum atomic E-state index is 4.54. The number of rotatable bonds is 3. The molecule has 1 saturated heterocycles. The Labute approximate surface area is 111 Å². The molecule has 0 aromatic carbocycles. The van der Waals surface area contributed by atoms with Gasteiger partial charge in [0.15, 0.2) is 0 Å². The molecule has 4 nitrogen and oxygen atoms in total. The number of H-pyrrole nitrogens is 1. The second-order valence-electron chi connectivity index (χ2n) is 4.92. The van der Waals surface area contributed by atoms with Crippen LogP contribution in [0.5, 0.6) is 0 Å². The molecule has 3 heterocycles. The van der Waals surface area contributed by atoms with Crippen LogP contribution in [-0.4, -0.2) is 32.9 Å². The van der Waals surface area contributed by atoms with Crippen molar-refractivity contribution in [1.29, 1.82) is 0 Å². The van der Waals surface area contributed by atoms with E-state index in [0.29, 0.717) is 5.92 Å². The summed E-state index contributed by atoms with van der Waals surface area (Å²) in [7, 11) is 0. The molecule has 0 saturated carbocycles. The number of nitrogens with one attached hydrogen (secondary N) is 1. The van der Waals surface area contributed by atoms with E-state index >= 15 is 0 Å². The van der Waals surface area contributed by atoms with Gasteiger partial charge in [-0.25, -0.2) is 9.97 Å². The minimum Gasteiger partial charge on any atom is -0.348 e. The quantitative estimate of drug-likeness (QED) is 0.924. The van der Waals surface area contributed by atoms with Crippen LogP contribution in [0.25, 0.3) is 0 Å². The van der Waals surface area contributed by atoms with Crippen LogP contribution < -0.4 is 0 Å². The normalized spacial score (nSPS) is 21.3. The number of aromatic nitrogens is 3. The second-order valence-corrected chi connectivity index (χ2v) is 6.19. The number of aromatic amines is 1. The number of imidazole rings is 1. The van der Waals surface area contributed by atoms with Crippen LogP contribution in [0.1, 0.15) is 34.5 Å². The van der Waals surface area contributed by atoms with Gasteiger partial charge in [0.1, 0.15) is 5.82 Å². The molecule has 1 atom stereocenters. The standard InChI is InChI=1S/C13H18N4S/c1-10-7-16-13(18-10)11-3-2-6-17(8-11)9-12-14-4-5-15-12/h4-5,7,11H,2-3,6,8-9H2,1H3,(H,14,15). The molecular formula is C13H18N4S. The van der Waals surface area contributed by atoms with Crippen LogP contribution in [0.15, 0.2) is 18.6 Å². The van der Waals surface area contributed by atoms with Crippen LogP contribution in [0.2, 0.25) is 0 Å². The van der Waals surface area contributed by atoms with Crippen molar-refractivity contribution in [3.63, 3.8) is 0 Å². The Hall–Kier alpha value is -1.20. The predicted molar refractivity (Wildman–Crippen MR) is 72.7 cm³/mol. The highest BCUT2D eigenvalue weighted by Crippen LogP contribution is 2.30. The van der Waals surface area contributed by atoms with E-state index in [4.69, 9.17) is 0 Å². The van der Waals surface area contributed by atoms with Gasteiger partial charge < -0.3 is 4.98 Å². The Morgan fingerprint density at radius 3 is 3.17 bits per heavy atom. The Bertz CT molecular complexity index is 491. The molecule has 2 aromatic heterocycles. The summed E-state index contributed by atoms with van der Waals surface area (Å²) >= 11 is 1.84. The van der Waals surface area contributed by atoms with Crippen molar-refractivity contribution in [3.8, 4) is 0 Å². The fraction of sp³-hybridized carbons (Fsp3) is 0.538. The molecule has 5 heteroatoms. The fourth-order valence-corrected chi connectivity index (χ4v) is 3.46. The van der Waals surface area contributed by atoms with E-state index in [0.717, 1.165) is 18.9 Å². The van der Waals surface area contributed by atoms with Gasteiger partial charge in [0.05, 0.1) is 11.6 Å². The van der Waals surface area contributed by atoms with Crippen molar-refractivity contribution in [3.05, 3.63) is 34.3 Å². The summed E-state index contributed by atoms with van der Waals surface area (Å²) in [5.74, 6) is 1.67. The summed E-state index contributed by atoms with van der Waals surface area (Å²) in [4.78, 5) is 15.8. The molecule has 3 rings (SSSR count). The average molecular weight is 262 g/mol. The number of piperidine rings is 1. The summed E-state index contributed by atoms with van der Waals surface area (Å²) < 4.78 is 0. The summed E-state index contributed by atoms with van der Waals surface area (Å²) in [6.07, 6.45) is 8.22. The third-order valence-corrected chi connectivity index (χ3v) is 4.50. The third kappa shape index (κ3) is 2.62. The van der Waals surface area contributed by atoms with Crippen molar-refractivity contribution in [2.45, 2.75) is 32.2 Å². The highest BCUT2D eigenvalue weighted by atomic mass is 32.1. The molecule has 0 aliphatic carbocycles. The fourth-order valence-electron chi connectivity index (χ4n) is 2.56. The van der Waals surface area contributed by atoms with E-state index in [-0.39, 0.29) is 0 Å². The lowest BCUT2D eigenvalue weighted by atomic mass is 9.99. The van der Waals surface area contributed by atoms with Crippen molar-refractivity contribution in [2.24, 2.45) is 0 Å². The summed E-state index contributed by atoms with van der Waals surface area (Å²) in [6, 6.07) is 0. The van der Waals surface area contributed by atoms with E-state index in [1.165, 1.54) is 29.3 Å². The van der Waals surface area contributed by atoms with E-state index in [1.807, 2.05) is 29.9 Å². The highest BCUT2D eigenvalue weighted by Gasteiger charge is 2.23. The number of likely N-dealkylation sites (tertiary alicyclic amines) is 1. The van der Waals surface area contributed by atoms with E-state index in [2.05, 4.69) is 26.8 Å². The Kier molecular flexibility index (Phi) is 3.43. The first-order valence-corrected chi connectivity index (χ1v) is 7.26. The number of aryl methyl sites for hydroxylation is 1. The number of hydrogen-bond acceptors (Lipinski definition) is 4. The number of nitrogens with zero attached hydrogens (tertiary/aromatic N) is 3. The van der Waals surface area contributed by atoms with Crippen LogP contribution in [0, 0.1) is 6.92 Å². The van der Waals surface area contributed by atoms with Crippen LogP contribution in [0.4, 0.5) is 0 Å². The Balaban J connectivity index is 1.65. The number of thiazole rings is 1. The molecule has 1 unspecified atom stereocenters. The van der Waals surface area contributed by atoms with Crippen molar-refractivity contribution >= 4 is 11.3 Å². The summed E-state index contributed by atoms with van der Waals surface area (Å²) in [5.41, 5.74) is 0. The highest BCUT2D eigenvalue weighted by molar-refractivity contribution is 7.11. The van der Waals surface area contributed by atoms with E-state index < -0.39 is 0 Å². The summed E-state index contributed by atoms with van der Waals surface area (Å²) in [5, 5.41) is 1.30. The molecule has 1 N–H and O–H groups in total.